The van der Waals surface area contributed by atoms with E-state index < -0.39 is 0 Å². The van der Waals surface area contributed by atoms with Gasteiger partial charge in [-0.2, -0.15) is 0 Å². The van der Waals surface area contributed by atoms with E-state index in [2.05, 4.69) is 17.1 Å². The number of aromatic nitrogens is 2. The molecule has 1 heterocycles. The van der Waals surface area contributed by atoms with E-state index in [4.69, 9.17) is 0 Å². The Bertz CT molecular complexity index is 838. The molecule has 0 atom stereocenters. The zero-order valence-electron chi connectivity index (χ0n) is 13.6. The van der Waals surface area contributed by atoms with Gasteiger partial charge in [0.25, 0.3) is 0 Å². The van der Waals surface area contributed by atoms with E-state index in [0.29, 0.717) is 19.4 Å². The maximum Gasteiger partial charge on any atom is 0.135 e. The summed E-state index contributed by atoms with van der Waals surface area (Å²) in [5.74, 6) is 0.354. The highest BCUT2D eigenvalue weighted by Gasteiger charge is 2.14. The molecule has 2 aromatic carbocycles. The third-order valence-electron chi connectivity index (χ3n) is 3.93. The van der Waals surface area contributed by atoms with Crippen LogP contribution in [0.15, 0.2) is 60.9 Å². The number of imidazole rings is 1. The third kappa shape index (κ3) is 3.90. The SMILES string of the molecule is CC(=O)Cc1c(Cc2ccccc2)ncn1Cc1cccc(O)c1. The van der Waals surface area contributed by atoms with Crippen LogP contribution in [0.1, 0.15) is 29.4 Å². The second-order valence-electron chi connectivity index (χ2n) is 5.98. The largest absolute Gasteiger partial charge is 0.508 e. The van der Waals surface area contributed by atoms with Gasteiger partial charge in [0, 0.05) is 25.1 Å². The molecule has 0 aliphatic rings. The minimum Gasteiger partial charge on any atom is -0.508 e. The molecule has 0 spiro atoms. The van der Waals surface area contributed by atoms with Crippen molar-refractivity contribution in [2.24, 2.45) is 0 Å². The van der Waals surface area contributed by atoms with Crippen molar-refractivity contribution in [2.75, 3.05) is 0 Å². The molecule has 0 saturated carbocycles. The number of carbonyl (C=O) groups is 1. The summed E-state index contributed by atoms with van der Waals surface area (Å²) in [4.78, 5) is 16.2. The predicted octanol–water partition coefficient (Wildman–Crippen LogP) is 3.36. The van der Waals surface area contributed by atoms with Gasteiger partial charge in [-0.25, -0.2) is 4.98 Å². The van der Waals surface area contributed by atoms with Crippen LogP contribution in [0.4, 0.5) is 0 Å². The second-order valence-corrected chi connectivity index (χ2v) is 5.98. The minimum atomic E-state index is 0.113. The lowest BCUT2D eigenvalue weighted by molar-refractivity contribution is -0.116. The fourth-order valence-electron chi connectivity index (χ4n) is 2.81. The highest BCUT2D eigenvalue weighted by molar-refractivity contribution is 5.78. The highest BCUT2D eigenvalue weighted by atomic mass is 16.3. The highest BCUT2D eigenvalue weighted by Crippen LogP contribution is 2.18. The van der Waals surface area contributed by atoms with Crippen LogP contribution in [-0.4, -0.2) is 20.4 Å². The Morgan fingerprint density at radius 3 is 2.54 bits per heavy atom. The molecule has 0 bridgehead atoms. The summed E-state index contributed by atoms with van der Waals surface area (Å²) in [6.45, 7) is 2.18. The first-order valence-electron chi connectivity index (χ1n) is 7.96. The van der Waals surface area contributed by atoms with Gasteiger partial charge in [-0.15, -0.1) is 0 Å². The molecule has 1 aromatic heterocycles. The summed E-state index contributed by atoms with van der Waals surface area (Å²) in [7, 11) is 0. The van der Waals surface area contributed by atoms with Gasteiger partial charge in [-0.1, -0.05) is 42.5 Å². The molecule has 0 saturated heterocycles. The summed E-state index contributed by atoms with van der Waals surface area (Å²) in [5, 5.41) is 9.63. The van der Waals surface area contributed by atoms with Crippen LogP contribution in [0.5, 0.6) is 5.75 Å². The van der Waals surface area contributed by atoms with Gasteiger partial charge in [-0.3, -0.25) is 4.79 Å². The van der Waals surface area contributed by atoms with E-state index in [0.717, 1.165) is 17.0 Å². The molecule has 0 unspecified atom stereocenters. The number of phenols is 1. The van der Waals surface area contributed by atoms with Crippen LogP contribution < -0.4 is 0 Å². The van der Waals surface area contributed by atoms with Crippen LogP contribution in [0, 0.1) is 0 Å². The monoisotopic (exact) mass is 320 g/mol. The van der Waals surface area contributed by atoms with Crippen LogP contribution >= 0.6 is 0 Å². The number of Topliss-reactive ketones (excluding diaryl/α,β-unsaturated/α-hetero) is 1. The zero-order chi connectivity index (χ0) is 16.9. The Labute approximate surface area is 141 Å². The number of ketones is 1. The van der Waals surface area contributed by atoms with Crippen molar-refractivity contribution in [1.29, 1.82) is 0 Å². The van der Waals surface area contributed by atoms with Crippen molar-refractivity contribution in [1.82, 2.24) is 9.55 Å². The Morgan fingerprint density at radius 2 is 1.83 bits per heavy atom. The number of hydrogen-bond acceptors (Lipinski definition) is 3. The Balaban J connectivity index is 1.90. The number of hydrogen-bond donors (Lipinski definition) is 1. The van der Waals surface area contributed by atoms with Crippen molar-refractivity contribution < 1.29 is 9.90 Å². The summed E-state index contributed by atoms with van der Waals surface area (Å²) in [5.41, 5.74) is 4.01. The van der Waals surface area contributed by atoms with E-state index in [9.17, 15) is 9.90 Å². The quantitative estimate of drug-likeness (QED) is 0.758. The van der Waals surface area contributed by atoms with Crippen molar-refractivity contribution in [3.8, 4) is 5.75 Å². The summed E-state index contributed by atoms with van der Waals surface area (Å²) < 4.78 is 1.99. The molecule has 1 N–H and O–H groups in total. The van der Waals surface area contributed by atoms with E-state index in [1.165, 1.54) is 5.56 Å². The van der Waals surface area contributed by atoms with Gasteiger partial charge in [0.15, 0.2) is 0 Å². The normalized spacial score (nSPS) is 10.7. The van der Waals surface area contributed by atoms with Crippen molar-refractivity contribution >= 4 is 5.78 Å². The third-order valence-corrected chi connectivity index (χ3v) is 3.93. The molecule has 4 heteroatoms. The van der Waals surface area contributed by atoms with Gasteiger partial charge in [0.05, 0.1) is 12.0 Å². The van der Waals surface area contributed by atoms with Crippen molar-refractivity contribution in [3.05, 3.63) is 83.4 Å². The lowest BCUT2D eigenvalue weighted by Gasteiger charge is -2.10. The number of phenolic OH excluding ortho intramolecular Hbond substituents is 1. The molecule has 0 aliphatic carbocycles. The van der Waals surface area contributed by atoms with Crippen LogP contribution in [-0.2, 0) is 24.2 Å². The molecule has 4 nitrogen and oxygen atoms in total. The molecule has 0 aliphatic heterocycles. The molecule has 3 rings (SSSR count). The zero-order valence-corrected chi connectivity index (χ0v) is 13.6. The first kappa shape index (κ1) is 16.0. The lowest BCUT2D eigenvalue weighted by Crippen LogP contribution is -2.09. The van der Waals surface area contributed by atoms with Crippen LogP contribution in [0.3, 0.4) is 0 Å². The van der Waals surface area contributed by atoms with Gasteiger partial charge < -0.3 is 9.67 Å². The first-order chi connectivity index (χ1) is 11.6. The topological polar surface area (TPSA) is 55.1 Å². The van der Waals surface area contributed by atoms with E-state index in [-0.39, 0.29) is 11.5 Å². The van der Waals surface area contributed by atoms with Crippen LogP contribution in [0.2, 0.25) is 0 Å². The number of nitrogens with zero attached hydrogens (tertiary/aromatic N) is 2. The molecular weight excluding hydrogens is 300 g/mol. The van der Waals surface area contributed by atoms with Gasteiger partial charge in [0.2, 0.25) is 0 Å². The first-order valence-corrected chi connectivity index (χ1v) is 7.96. The Kier molecular flexibility index (Phi) is 4.75. The second kappa shape index (κ2) is 7.13. The Morgan fingerprint density at radius 1 is 1.08 bits per heavy atom. The molecule has 0 amide bonds. The summed E-state index contributed by atoms with van der Waals surface area (Å²) in [6, 6.07) is 17.3. The number of rotatable bonds is 6. The smallest absolute Gasteiger partial charge is 0.135 e. The van der Waals surface area contributed by atoms with Crippen LogP contribution in [0.25, 0.3) is 0 Å². The molecule has 122 valence electrons. The molecule has 24 heavy (non-hydrogen) atoms. The standard InChI is InChI=1S/C20H20N2O2/c1-15(23)10-20-19(12-16-6-3-2-4-7-16)21-14-22(20)13-17-8-5-9-18(24)11-17/h2-9,11,14,24H,10,12-13H2,1H3. The molecule has 0 radical (unpaired) electrons. The van der Waals surface area contributed by atoms with Gasteiger partial charge >= 0.3 is 0 Å². The fraction of sp³-hybridized carbons (Fsp3) is 0.200. The van der Waals surface area contributed by atoms with E-state index in [1.54, 1.807) is 25.4 Å². The maximum atomic E-state index is 11.7. The van der Waals surface area contributed by atoms with Gasteiger partial charge in [0.1, 0.15) is 11.5 Å². The summed E-state index contributed by atoms with van der Waals surface area (Å²) >= 11 is 0. The average Bonchev–Trinajstić information content (AvgIpc) is 2.90. The maximum absolute atomic E-state index is 11.7. The Hall–Kier alpha value is -2.88. The average molecular weight is 320 g/mol. The van der Waals surface area contributed by atoms with E-state index in [1.807, 2.05) is 34.9 Å². The number of aromatic hydroxyl groups is 1. The molecule has 0 fully saturated rings. The number of benzene rings is 2. The number of carbonyl (C=O) groups excluding carboxylic acids is 1. The van der Waals surface area contributed by atoms with Crippen molar-refractivity contribution in [3.63, 3.8) is 0 Å². The fourth-order valence-corrected chi connectivity index (χ4v) is 2.81. The van der Waals surface area contributed by atoms with Gasteiger partial charge in [-0.05, 0) is 30.2 Å². The molecule has 3 aromatic rings. The molecular formula is C20H20N2O2. The minimum absolute atomic E-state index is 0.113. The lowest BCUT2D eigenvalue weighted by atomic mass is 10.1. The predicted molar refractivity (Wildman–Crippen MR) is 93.1 cm³/mol. The summed E-state index contributed by atoms with van der Waals surface area (Å²) in [6.07, 6.45) is 2.85. The van der Waals surface area contributed by atoms with E-state index >= 15 is 0 Å². The van der Waals surface area contributed by atoms with Crippen molar-refractivity contribution in [2.45, 2.75) is 26.3 Å².